The van der Waals surface area contributed by atoms with E-state index in [1.54, 1.807) is 7.11 Å². The fourth-order valence-corrected chi connectivity index (χ4v) is 1.71. The van der Waals surface area contributed by atoms with Crippen molar-refractivity contribution in [2.45, 2.75) is 18.9 Å². The molecule has 0 aromatic carbocycles. The van der Waals surface area contributed by atoms with Gasteiger partial charge in [0.25, 0.3) is 0 Å². The van der Waals surface area contributed by atoms with Crippen LogP contribution in [0.4, 0.5) is 0 Å². The van der Waals surface area contributed by atoms with Crippen molar-refractivity contribution in [3.63, 3.8) is 0 Å². The minimum absolute atomic E-state index is 0.494. The summed E-state index contributed by atoms with van der Waals surface area (Å²) in [5.41, 5.74) is 0. The van der Waals surface area contributed by atoms with Crippen LogP contribution in [0.2, 0.25) is 0 Å². The van der Waals surface area contributed by atoms with E-state index >= 15 is 0 Å². The van der Waals surface area contributed by atoms with E-state index in [1.807, 2.05) is 7.05 Å². The Bertz CT molecular complexity index is 113. The van der Waals surface area contributed by atoms with Crippen LogP contribution in [-0.2, 0) is 4.74 Å². The summed E-state index contributed by atoms with van der Waals surface area (Å²) in [6, 6.07) is 0.494. The van der Waals surface area contributed by atoms with E-state index in [9.17, 15) is 0 Å². The molecule has 1 fully saturated rings. The van der Waals surface area contributed by atoms with E-state index < -0.39 is 0 Å². The zero-order chi connectivity index (χ0) is 8.81. The number of likely N-dealkylation sites (N-methyl/N-ethyl adjacent to an activating group) is 1. The van der Waals surface area contributed by atoms with Crippen LogP contribution in [0.15, 0.2) is 0 Å². The maximum Gasteiger partial charge on any atom is 0.0628 e. The number of ether oxygens (including phenoxy) is 1. The largest absolute Gasteiger partial charge is 0.383 e. The summed E-state index contributed by atoms with van der Waals surface area (Å²) in [5.74, 6) is 0. The first-order valence-corrected chi connectivity index (χ1v) is 4.75. The first-order chi connectivity index (χ1) is 5.86. The first-order valence-electron chi connectivity index (χ1n) is 4.75. The molecule has 3 nitrogen and oxygen atoms in total. The molecular weight excluding hydrogens is 152 g/mol. The SMILES string of the molecule is CNC(COC)CN1CCCC1. The van der Waals surface area contributed by atoms with Crippen LogP contribution in [0.25, 0.3) is 0 Å². The van der Waals surface area contributed by atoms with E-state index in [2.05, 4.69) is 10.2 Å². The van der Waals surface area contributed by atoms with Crippen LogP contribution in [0.3, 0.4) is 0 Å². The predicted molar refractivity (Wildman–Crippen MR) is 50.4 cm³/mol. The van der Waals surface area contributed by atoms with Crippen LogP contribution in [0.5, 0.6) is 0 Å². The average Bonchev–Trinajstić information content (AvgIpc) is 2.56. The number of hydrogen-bond donors (Lipinski definition) is 1. The van der Waals surface area contributed by atoms with Gasteiger partial charge < -0.3 is 15.0 Å². The molecule has 1 atom stereocenters. The zero-order valence-electron chi connectivity index (χ0n) is 8.18. The molecule has 0 aromatic heterocycles. The molecule has 0 aromatic rings. The Morgan fingerprint density at radius 1 is 1.42 bits per heavy atom. The van der Waals surface area contributed by atoms with Gasteiger partial charge >= 0.3 is 0 Å². The van der Waals surface area contributed by atoms with E-state index in [-0.39, 0.29) is 0 Å². The highest BCUT2D eigenvalue weighted by atomic mass is 16.5. The van der Waals surface area contributed by atoms with Crippen LogP contribution >= 0.6 is 0 Å². The van der Waals surface area contributed by atoms with E-state index in [0.29, 0.717) is 6.04 Å². The third-order valence-corrected chi connectivity index (χ3v) is 2.45. The number of hydrogen-bond acceptors (Lipinski definition) is 3. The smallest absolute Gasteiger partial charge is 0.0628 e. The minimum atomic E-state index is 0.494. The highest BCUT2D eigenvalue weighted by Gasteiger charge is 2.15. The summed E-state index contributed by atoms with van der Waals surface area (Å²) < 4.78 is 5.12. The lowest BCUT2D eigenvalue weighted by molar-refractivity contribution is 0.149. The van der Waals surface area contributed by atoms with Crippen molar-refractivity contribution in [1.82, 2.24) is 10.2 Å². The molecule has 1 aliphatic heterocycles. The number of methoxy groups -OCH3 is 1. The van der Waals surface area contributed by atoms with Crippen molar-refractivity contribution >= 4 is 0 Å². The molecule has 1 heterocycles. The van der Waals surface area contributed by atoms with Gasteiger partial charge in [0.1, 0.15) is 0 Å². The van der Waals surface area contributed by atoms with Crippen LogP contribution < -0.4 is 5.32 Å². The number of nitrogens with one attached hydrogen (secondary N) is 1. The average molecular weight is 172 g/mol. The molecule has 1 saturated heterocycles. The van der Waals surface area contributed by atoms with Crippen LogP contribution in [0.1, 0.15) is 12.8 Å². The molecule has 0 amide bonds. The molecule has 12 heavy (non-hydrogen) atoms. The second-order valence-corrected chi connectivity index (χ2v) is 3.45. The minimum Gasteiger partial charge on any atom is -0.383 e. The Hall–Kier alpha value is -0.120. The summed E-state index contributed by atoms with van der Waals surface area (Å²) in [5, 5.41) is 3.26. The molecule has 3 heteroatoms. The third kappa shape index (κ3) is 3.09. The van der Waals surface area contributed by atoms with Crippen molar-refractivity contribution in [2.24, 2.45) is 0 Å². The summed E-state index contributed by atoms with van der Waals surface area (Å²) in [4.78, 5) is 2.50. The molecule has 0 bridgehead atoms. The topological polar surface area (TPSA) is 24.5 Å². The monoisotopic (exact) mass is 172 g/mol. The summed E-state index contributed by atoms with van der Waals surface area (Å²) in [7, 11) is 3.76. The maximum absolute atomic E-state index is 5.12. The Balaban J connectivity index is 2.16. The molecule has 0 spiro atoms. The molecule has 72 valence electrons. The zero-order valence-corrected chi connectivity index (χ0v) is 8.18. The molecule has 1 rings (SSSR count). The van der Waals surface area contributed by atoms with Crippen molar-refractivity contribution in [3.05, 3.63) is 0 Å². The van der Waals surface area contributed by atoms with Crippen LogP contribution in [0, 0.1) is 0 Å². The van der Waals surface area contributed by atoms with Gasteiger partial charge in [-0.05, 0) is 33.0 Å². The van der Waals surface area contributed by atoms with Gasteiger partial charge in [0.05, 0.1) is 6.61 Å². The van der Waals surface area contributed by atoms with E-state index in [4.69, 9.17) is 4.74 Å². The fourth-order valence-electron chi connectivity index (χ4n) is 1.71. The van der Waals surface area contributed by atoms with Gasteiger partial charge in [-0.2, -0.15) is 0 Å². The lowest BCUT2D eigenvalue weighted by Crippen LogP contribution is -2.41. The Morgan fingerprint density at radius 3 is 2.58 bits per heavy atom. The second kappa shape index (κ2) is 5.51. The van der Waals surface area contributed by atoms with E-state index in [1.165, 1.54) is 25.9 Å². The van der Waals surface area contributed by atoms with Crippen molar-refractivity contribution in [3.8, 4) is 0 Å². The highest BCUT2D eigenvalue weighted by Crippen LogP contribution is 2.07. The lowest BCUT2D eigenvalue weighted by atomic mass is 10.3. The third-order valence-electron chi connectivity index (χ3n) is 2.45. The highest BCUT2D eigenvalue weighted by molar-refractivity contribution is 4.73. The molecule has 1 aliphatic rings. The van der Waals surface area contributed by atoms with E-state index in [0.717, 1.165) is 13.2 Å². The summed E-state index contributed by atoms with van der Waals surface area (Å²) in [6.45, 7) is 4.47. The molecular formula is C9H20N2O. The molecule has 0 radical (unpaired) electrons. The predicted octanol–water partition coefficient (Wildman–Crippen LogP) is 0.317. The quantitative estimate of drug-likeness (QED) is 0.646. The number of rotatable bonds is 5. The Labute approximate surface area is 75.1 Å². The lowest BCUT2D eigenvalue weighted by Gasteiger charge is -2.22. The van der Waals surface area contributed by atoms with Gasteiger partial charge in [-0.25, -0.2) is 0 Å². The number of nitrogens with zero attached hydrogens (tertiary/aromatic N) is 1. The standard InChI is InChI=1S/C9H20N2O/c1-10-9(8-12-2)7-11-5-3-4-6-11/h9-10H,3-8H2,1-2H3. The van der Waals surface area contributed by atoms with Gasteiger partial charge in [-0.15, -0.1) is 0 Å². The second-order valence-electron chi connectivity index (χ2n) is 3.45. The maximum atomic E-state index is 5.12. The first kappa shape index (κ1) is 9.96. The fraction of sp³-hybridized carbons (Fsp3) is 1.00. The molecule has 0 aliphatic carbocycles. The van der Waals surface area contributed by atoms with Gasteiger partial charge in [-0.3, -0.25) is 0 Å². The van der Waals surface area contributed by atoms with Crippen molar-refractivity contribution in [1.29, 1.82) is 0 Å². The normalized spacial score (nSPS) is 21.5. The Morgan fingerprint density at radius 2 is 2.08 bits per heavy atom. The van der Waals surface area contributed by atoms with Crippen molar-refractivity contribution < 1.29 is 4.74 Å². The summed E-state index contributed by atoms with van der Waals surface area (Å²) in [6.07, 6.45) is 2.73. The Kier molecular flexibility index (Phi) is 4.58. The molecule has 1 N–H and O–H groups in total. The van der Waals surface area contributed by atoms with Gasteiger partial charge in [0.2, 0.25) is 0 Å². The summed E-state index contributed by atoms with van der Waals surface area (Å²) >= 11 is 0. The van der Waals surface area contributed by atoms with Gasteiger partial charge in [0.15, 0.2) is 0 Å². The van der Waals surface area contributed by atoms with Gasteiger partial charge in [0, 0.05) is 19.7 Å². The van der Waals surface area contributed by atoms with Crippen molar-refractivity contribution in [2.75, 3.05) is 40.4 Å². The van der Waals surface area contributed by atoms with Crippen LogP contribution in [-0.4, -0.2) is 51.3 Å². The van der Waals surface area contributed by atoms with Gasteiger partial charge in [-0.1, -0.05) is 0 Å². The molecule has 0 saturated carbocycles. The molecule has 1 unspecified atom stereocenters. The number of likely N-dealkylation sites (tertiary alicyclic amines) is 1.